The zero-order valence-electron chi connectivity index (χ0n) is 21.6. The highest BCUT2D eigenvalue weighted by Gasteiger charge is 2.32. The van der Waals surface area contributed by atoms with Crippen LogP contribution >= 0.6 is 11.6 Å². The highest BCUT2D eigenvalue weighted by Crippen LogP contribution is 2.33. The van der Waals surface area contributed by atoms with Gasteiger partial charge in [-0.05, 0) is 77.7 Å². The number of nitrogens with one attached hydrogen (secondary N) is 1. The number of amides is 2. The van der Waals surface area contributed by atoms with Gasteiger partial charge in [0.2, 0.25) is 0 Å². The zero-order valence-corrected chi connectivity index (χ0v) is 22.4. The fraction of sp³-hybridized carbons (Fsp3) is 0.593. The second-order valence-electron chi connectivity index (χ2n) is 10.7. The first-order valence-corrected chi connectivity index (χ1v) is 13.4. The molecule has 4 rings (SSSR count). The summed E-state index contributed by atoms with van der Waals surface area (Å²) in [5, 5.41) is 8.33. The summed E-state index contributed by atoms with van der Waals surface area (Å²) in [6.07, 6.45) is 6.56. The van der Waals surface area contributed by atoms with E-state index in [-0.39, 0.29) is 17.9 Å². The lowest BCUT2D eigenvalue weighted by molar-refractivity contribution is 0.0203. The van der Waals surface area contributed by atoms with Crippen molar-refractivity contribution in [3.63, 3.8) is 0 Å². The van der Waals surface area contributed by atoms with Gasteiger partial charge in [-0.1, -0.05) is 24.1 Å². The van der Waals surface area contributed by atoms with Crippen LogP contribution in [0.1, 0.15) is 74.8 Å². The SMILES string of the molecule is CC(C)(C)OC(=O)N1CCC(c2c(C(=O)NCCN3CCCCC3)cnn2-c2cccc(Cl)c2)CC1. The van der Waals surface area contributed by atoms with E-state index in [4.69, 9.17) is 16.3 Å². The Balaban J connectivity index is 1.50. The van der Waals surface area contributed by atoms with Crippen LogP contribution in [-0.4, -0.2) is 76.5 Å². The number of ether oxygens (including phenoxy) is 1. The molecule has 0 atom stereocenters. The quantitative estimate of drug-likeness (QED) is 0.594. The maximum absolute atomic E-state index is 13.3. The molecule has 3 heterocycles. The third kappa shape index (κ3) is 6.79. The monoisotopic (exact) mass is 515 g/mol. The topological polar surface area (TPSA) is 79.7 Å². The van der Waals surface area contributed by atoms with Crippen molar-refractivity contribution in [2.24, 2.45) is 0 Å². The molecule has 9 heteroatoms. The molecule has 2 fully saturated rings. The molecule has 2 aliphatic rings. The lowest BCUT2D eigenvalue weighted by atomic mass is 9.91. The molecular weight excluding hydrogens is 478 g/mol. The first kappa shape index (κ1) is 26.5. The number of hydrogen-bond acceptors (Lipinski definition) is 5. The van der Waals surface area contributed by atoms with Gasteiger partial charge in [-0.25, -0.2) is 9.48 Å². The fourth-order valence-corrected chi connectivity index (χ4v) is 5.19. The summed E-state index contributed by atoms with van der Waals surface area (Å²) in [7, 11) is 0. The molecule has 2 aromatic rings. The van der Waals surface area contributed by atoms with Crippen molar-refractivity contribution in [2.75, 3.05) is 39.3 Å². The Morgan fingerprint density at radius 1 is 1.11 bits per heavy atom. The van der Waals surface area contributed by atoms with Gasteiger partial charge in [0.1, 0.15) is 5.60 Å². The van der Waals surface area contributed by atoms with E-state index in [0.717, 1.165) is 43.9 Å². The standard InChI is InChI=1S/C27H38ClN5O3/c1-27(2,3)36-26(35)32-15-10-20(11-16-32)24-23(19-30-33(24)22-9-7-8-21(28)18-22)25(34)29-12-17-31-13-5-4-6-14-31/h7-9,18-20H,4-6,10-17H2,1-3H3,(H,29,34). The van der Waals surface area contributed by atoms with Crippen LogP contribution in [0.2, 0.25) is 5.02 Å². The lowest BCUT2D eigenvalue weighted by Crippen LogP contribution is -2.42. The molecule has 2 amide bonds. The summed E-state index contributed by atoms with van der Waals surface area (Å²) in [5.74, 6) is -0.0297. The number of aromatic nitrogens is 2. The van der Waals surface area contributed by atoms with Gasteiger partial charge >= 0.3 is 6.09 Å². The predicted octanol–water partition coefficient (Wildman–Crippen LogP) is 4.86. The van der Waals surface area contributed by atoms with Crippen molar-refractivity contribution in [3.8, 4) is 5.69 Å². The predicted molar refractivity (Wildman–Crippen MR) is 141 cm³/mol. The van der Waals surface area contributed by atoms with E-state index in [1.807, 2.05) is 49.7 Å². The number of rotatable bonds is 6. The van der Waals surface area contributed by atoms with E-state index in [9.17, 15) is 9.59 Å². The summed E-state index contributed by atoms with van der Waals surface area (Å²) in [6, 6.07) is 7.50. The molecule has 8 nitrogen and oxygen atoms in total. The first-order chi connectivity index (χ1) is 17.2. The van der Waals surface area contributed by atoms with Crippen LogP contribution in [0.3, 0.4) is 0 Å². The van der Waals surface area contributed by atoms with Crippen molar-refractivity contribution in [1.82, 2.24) is 24.9 Å². The lowest BCUT2D eigenvalue weighted by Gasteiger charge is -2.34. The molecule has 0 saturated carbocycles. The number of halogens is 1. The number of carbonyl (C=O) groups is 2. The molecule has 1 aromatic heterocycles. The minimum absolute atomic E-state index is 0.0769. The molecule has 1 N–H and O–H groups in total. The molecule has 2 saturated heterocycles. The summed E-state index contributed by atoms with van der Waals surface area (Å²) in [4.78, 5) is 30.0. The van der Waals surface area contributed by atoms with E-state index in [1.54, 1.807) is 11.1 Å². The second-order valence-corrected chi connectivity index (χ2v) is 11.2. The van der Waals surface area contributed by atoms with Gasteiger partial charge in [0.05, 0.1) is 23.1 Å². The minimum Gasteiger partial charge on any atom is -0.444 e. The summed E-state index contributed by atoms with van der Waals surface area (Å²) < 4.78 is 7.38. The Bertz CT molecular complexity index is 1050. The highest BCUT2D eigenvalue weighted by atomic mass is 35.5. The summed E-state index contributed by atoms with van der Waals surface area (Å²) in [6.45, 7) is 10.4. The van der Waals surface area contributed by atoms with Crippen LogP contribution in [0.4, 0.5) is 4.79 Å². The van der Waals surface area contributed by atoms with Gasteiger partial charge in [0.15, 0.2) is 0 Å². The molecule has 0 radical (unpaired) electrons. The Kier molecular flexibility index (Phi) is 8.57. The number of piperidine rings is 2. The van der Waals surface area contributed by atoms with Gasteiger partial charge in [-0.3, -0.25) is 4.79 Å². The zero-order chi connectivity index (χ0) is 25.7. The molecule has 1 aromatic carbocycles. The third-order valence-electron chi connectivity index (χ3n) is 6.80. The van der Waals surface area contributed by atoms with E-state index >= 15 is 0 Å². The molecule has 0 aliphatic carbocycles. The van der Waals surface area contributed by atoms with Crippen molar-refractivity contribution in [2.45, 2.75) is 64.4 Å². The average molecular weight is 516 g/mol. The number of nitrogens with zero attached hydrogens (tertiary/aromatic N) is 4. The van der Waals surface area contributed by atoms with Crippen molar-refractivity contribution < 1.29 is 14.3 Å². The molecule has 2 aliphatic heterocycles. The normalized spacial score (nSPS) is 17.7. The number of carbonyl (C=O) groups excluding carboxylic acids is 2. The number of hydrogen-bond donors (Lipinski definition) is 1. The van der Waals surface area contributed by atoms with Gasteiger partial charge in [-0.2, -0.15) is 5.10 Å². The third-order valence-corrected chi connectivity index (χ3v) is 7.03. The second kappa shape index (κ2) is 11.6. The highest BCUT2D eigenvalue weighted by molar-refractivity contribution is 6.30. The van der Waals surface area contributed by atoms with Crippen LogP contribution in [0.15, 0.2) is 30.5 Å². The molecule has 196 valence electrons. The maximum Gasteiger partial charge on any atom is 0.410 e. The fourth-order valence-electron chi connectivity index (χ4n) is 5.01. The minimum atomic E-state index is -0.529. The Morgan fingerprint density at radius 3 is 2.50 bits per heavy atom. The Labute approximate surface area is 218 Å². The maximum atomic E-state index is 13.3. The largest absolute Gasteiger partial charge is 0.444 e. The molecule has 0 bridgehead atoms. The summed E-state index contributed by atoms with van der Waals surface area (Å²) in [5.41, 5.74) is 1.75. The first-order valence-electron chi connectivity index (χ1n) is 13.0. The van der Waals surface area contributed by atoms with Gasteiger partial charge in [0.25, 0.3) is 5.91 Å². The van der Waals surface area contributed by atoms with Crippen LogP contribution in [0.25, 0.3) is 5.69 Å². The summed E-state index contributed by atoms with van der Waals surface area (Å²) >= 11 is 6.27. The smallest absolute Gasteiger partial charge is 0.410 e. The number of likely N-dealkylation sites (tertiary alicyclic amines) is 2. The van der Waals surface area contributed by atoms with E-state index < -0.39 is 5.60 Å². The van der Waals surface area contributed by atoms with Crippen LogP contribution < -0.4 is 5.32 Å². The molecule has 36 heavy (non-hydrogen) atoms. The van der Waals surface area contributed by atoms with E-state index in [2.05, 4.69) is 15.3 Å². The van der Waals surface area contributed by atoms with Crippen LogP contribution in [0, 0.1) is 0 Å². The average Bonchev–Trinajstić information content (AvgIpc) is 3.29. The molecular formula is C27H38ClN5O3. The van der Waals surface area contributed by atoms with Gasteiger partial charge < -0.3 is 19.9 Å². The van der Waals surface area contributed by atoms with Crippen LogP contribution in [-0.2, 0) is 4.74 Å². The molecule has 0 spiro atoms. The van der Waals surface area contributed by atoms with Crippen molar-refractivity contribution in [3.05, 3.63) is 46.7 Å². The van der Waals surface area contributed by atoms with Crippen molar-refractivity contribution >= 4 is 23.6 Å². The van der Waals surface area contributed by atoms with Crippen molar-refractivity contribution in [1.29, 1.82) is 0 Å². The van der Waals surface area contributed by atoms with Gasteiger partial charge in [0, 0.05) is 37.1 Å². The van der Waals surface area contributed by atoms with Crippen LogP contribution in [0.5, 0.6) is 0 Å². The van der Waals surface area contributed by atoms with Gasteiger partial charge in [-0.15, -0.1) is 0 Å². The van der Waals surface area contributed by atoms with E-state index in [1.165, 1.54) is 19.3 Å². The van der Waals surface area contributed by atoms with E-state index in [0.29, 0.717) is 30.2 Å². The molecule has 0 unspecified atom stereocenters. The Hall–Kier alpha value is -2.58. The number of benzene rings is 1. The Morgan fingerprint density at radius 2 is 1.83 bits per heavy atom.